The van der Waals surface area contributed by atoms with Gasteiger partial charge in [-0.25, -0.2) is 18.3 Å². The van der Waals surface area contributed by atoms with Crippen molar-refractivity contribution >= 4 is 21.7 Å². The van der Waals surface area contributed by atoms with Crippen LogP contribution in [0.2, 0.25) is 0 Å². The minimum absolute atomic E-state index is 0.0794. The van der Waals surface area contributed by atoms with Gasteiger partial charge in [-0.05, 0) is 24.3 Å². The Balaban J connectivity index is 2.07. The van der Waals surface area contributed by atoms with Crippen LogP contribution in [0.1, 0.15) is 5.82 Å². The second kappa shape index (κ2) is 5.21. The third-order valence-corrected chi connectivity index (χ3v) is 5.48. The minimum Gasteiger partial charge on any atom is -0.480 e. The van der Waals surface area contributed by atoms with Crippen molar-refractivity contribution < 1.29 is 18.3 Å². The first-order valence-electron chi connectivity index (χ1n) is 6.55. The van der Waals surface area contributed by atoms with Crippen molar-refractivity contribution in [3.05, 3.63) is 40.6 Å². The number of benzene rings is 1. The molecule has 0 saturated heterocycles. The number of rotatable bonds is 3. The first kappa shape index (κ1) is 15.2. The number of carboxylic acids is 1. The van der Waals surface area contributed by atoms with Crippen LogP contribution in [-0.2, 0) is 27.9 Å². The van der Waals surface area contributed by atoms with Crippen molar-refractivity contribution in [2.45, 2.75) is 24.0 Å². The Morgan fingerprint density at radius 1 is 1.35 bits per heavy atom. The van der Waals surface area contributed by atoms with Gasteiger partial charge in [0.15, 0.2) is 0 Å². The fraction of sp³-hybridized carbons (Fsp3) is 0.250. The van der Waals surface area contributed by atoms with Gasteiger partial charge in [0.2, 0.25) is 10.0 Å². The Morgan fingerprint density at radius 3 is 2.61 bits per heavy atom. The third-order valence-electron chi connectivity index (χ3n) is 3.61. The fourth-order valence-corrected chi connectivity index (χ4v) is 3.93. The summed E-state index contributed by atoms with van der Waals surface area (Å²) in [6.07, 6.45) is 0. The minimum atomic E-state index is -4.08. The van der Waals surface area contributed by atoms with Crippen molar-refractivity contribution in [2.24, 2.45) is 0 Å². The zero-order valence-corrected chi connectivity index (χ0v) is 12.5. The van der Waals surface area contributed by atoms with E-state index in [9.17, 15) is 23.1 Å². The molecule has 0 spiro atoms. The molecule has 1 aliphatic heterocycles. The number of aliphatic carboxylic acids is 1. The number of hydrogen-bond donors (Lipinski definition) is 3. The number of aromatic amines is 1. The Hall–Kier alpha value is -2.66. The monoisotopic (exact) mass is 339 g/mol. The number of nitrogens with two attached hydrogens (primary N) is 1. The molecule has 0 amide bonds. The number of sulfonamides is 1. The number of aromatic nitrogens is 3. The van der Waals surface area contributed by atoms with Crippen LogP contribution in [0.5, 0.6) is 0 Å². The Bertz CT molecular complexity index is 914. The lowest BCUT2D eigenvalue weighted by Gasteiger charge is -2.31. The fourth-order valence-electron chi connectivity index (χ4n) is 2.40. The normalized spacial score (nSPS) is 18.5. The Labute approximate surface area is 130 Å². The number of nitrogens with zero attached hydrogens (tertiary/aromatic N) is 3. The summed E-state index contributed by atoms with van der Waals surface area (Å²) >= 11 is 0. The van der Waals surface area contributed by atoms with Gasteiger partial charge in [-0.2, -0.15) is 9.40 Å². The number of nitrogen functional groups attached to an aromatic ring is 1. The van der Waals surface area contributed by atoms with E-state index in [1.54, 1.807) is 0 Å². The molecule has 122 valence electrons. The summed E-state index contributed by atoms with van der Waals surface area (Å²) in [4.78, 5) is 23.0. The van der Waals surface area contributed by atoms with E-state index in [1.807, 2.05) is 0 Å². The maximum atomic E-state index is 12.7. The Morgan fingerprint density at radius 2 is 2.00 bits per heavy atom. The molecule has 2 aromatic rings. The number of anilines is 1. The second-order valence-corrected chi connectivity index (χ2v) is 6.92. The summed E-state index contributed by atoms with van der Waals surface area (Å²) in [6.45, 7) is -0.628. The predicted octanol–water partition coefficient (Wildman–Crippen LogP) is -1.19. The number of hydrogen-bond acceptors (Lipinski definition) is 6. The van der Waals surface area contributed by atoms with Crippen molar-refractivity contribution in [3.8, 4) is 0 Å². The van der Waals surface area contributed by atoms with Crippen molar-refractivity contribution in [1.82, 2.24) is 19.1 Å². The lowest BCUT2D eigenvalue weighted by molar-refractivity contribution is -0.142. The zero-order chi connectivity index (χ0) is 16.8. The summed E-state index contributed by atoms with van der Waals surface area (Å²) in [7, 11) is -4.08. The molecule has 1 atom stereocenters. The van der Waals surface area contributed by atoms with E-state index in [1.165, 1.54) is 24.3 Å². The number of nitrogens with one attached hydrogen (secondary N) is 1. The third kappa shape index (κ3) is 2.49. The standard InChI is InChI=1S/C12H13N5O5S/c13-7-1-3-8(4-2-7)23(21,22)17-6-10-14-15-12(20)16(10)5-9(17)11(18)19/h1-4,9H,5-6,13H2,(H,15,20)(H,18,19). The summed E-state index contributed by atoms with van der Waals surface area (Å²) in [5.74, 6) is -1.19. The molecule has 0 aliphatic carbocycles. The Kier molecular flexibility index (Phi) is 3.45. The smallest absolute Gasteiger partial charge is 0.343 e. The molecule has 11 heteroatoms. The van der Waals surface area contributed by atoms with E-state index in [0.29, 0.717) is 5.69 Å². The van der Waals surface area contributed by atoms with Crippen LogP contribution in [0.3, 0.4) is 0 Å². The summed E-state index contributed by atoms with van der Waals surface area (Å²) < 4.78 is 27.4. The van der Waals surface area contributed by atoms with E-state index in [2.05, 4.69) is 10.2 Å². The summed E-state index contributed by atoms with van der Waals surface area (Å²) in [6, 6.07) is 4.03. The number of carbonyl (C=O) groups is 1. The van der Waals surface area contributed by atoms with Gasteiger partial charge >= 0.3 is 11.7 Å². The maximum Gasteiger partial charge on any atom is 0.343 e. The second-order valence-electron chi connectivity index (χ2n) is 5.03. The van der Waals surface area contributed by atoms with Gasteiger partial charge in [0.25, 0.3) is 0 Å². The average molecular weight is 339 g/mol. The van der Waals surface area contributed by atoms with Crippen molar-refractivity contribution in [1.29, 1.82) is 0 Å². The average Bonchev–Trinajstić information content (AvgIpc) is 2.87. The summed E-state index contributed by atoms with van der Waals surface area (Å²) in [5, 5.41) is 15.3. The van der Waals surface area contributed by atoms with Crippen LogP contribution < -0.4 is 11.4 Å². The highest BCUT2D eigenvalue weighted by molar-refractivity contribution is 7.89. The molecule has 1 aromatic carbocycles. The molecule has 1 unspecified atom stereocenters. The first-order valence-corrected chi connectivity index (χ1v) is 7.99. The van der Waals surface area contributed by atoms with Crippen LogP contribution in [0.4, 0.5) is 5.69 Å². The van der Waals surface area contributed by atoms with Gasteiger partial charge in [-0.1, -0.05) is 0 Å². The van der Waals surface area contributed by atoms with Crippen molar-refractivity contribution in [3.63, 3.8) is 0 Å². The van der Waals surface area contributed by atoms with Crippen LogP contribution in [0.15, 0.2) is 34.0 Å². The van der Waals surface area contributed by atoms with Gasteiger partial charge in [-0.3, -0.25) is 9.36 Å². The molecular formula is C12H13N5O5S. The van der Waals surface area contributed by atoms with Gasteiger partial charge in [-0.15, -0.1) is 0 Å². The van der Waals surface area contributed by atoms with Crippen molar-refractivity contribution in [2.75, 3.05) is 5.73 Å². The molecule has 1 aliphatic rings. The zero-order valence-electron chi connectivity index (χ0n) is 11.7. The highest BCUT2D eigenvalue weighted by Gasteiger charge is 2.41. The number of fused-ring (bicyclic) bond motifs is 1. The molecule has 2 heterocycles. The number of H-pyrrole nitrogens is 1. The number of carboxylic acid groups (broad SMARTS) is 1. The summed E-state index contributed by atoms with van der Waals surface area (Å²) in [5.41, 5.74) is 5.35. The van der Waals surface area contributed by atoms with Crippen LogP contribution >= 0.6 is 0 Å². The molecule has 4 N–H and O–H groups in total. The largest absolute Gasteiger partial charge is 0.480 e. The van der Waals surface area contributed by atoms with Gasteiger partial charge < -0.3 is 10.8 Å². The SMILES string of the molecule is Nc1ccc(S(=O)(=O)N2Cc3n[nH]c(=O)n3CC2C(=O)O)cc1. The lowest BCUT2D eigenvalue weighted by Crippen LogP contribution is -2.51. The lowest BCUT2D eigenvalue weighted by atomic mass is 10.2. The topological polar surface area (TPSA) is 151 Å². The quantitative estimate of drug-likeness (QED) is 0.595. The van der Waals surface area contributed by atoms with E-state index >= 15 is 0 Å². The van der Waals surface area contributed by atoms with Crippen LogP contribution in [0.25, 0.3) is 0 Å². The van der Waals surface area contributed by atoms with E-state index in [4.69, 9.17) is 5.73 Å². The van der Waals surface area contributed by atoms with E-state index in [-0.39, 0.29) is 23.8 Å². The molecule has 0 fully saturated rings. The molecular weight excluding hydrogens is 326 g/mol. The molecule has 23 heavy (non-hydrogen) atoms. The van der Waals surface area contributed by atoms with Crippen LogP contribution in [-0.4, -0.2) is 44.6 Å². The van der Waals surface area contributed by atoms with Crippen LogP contribution in [0, 0.1) is 0 Å². The highest BCUT2D eigenvalue weighted by atomic mass is 32.2. The van der Waals surface area contributed by atoms with Gasteiger partial charge in [0.05, 0.1) is 18.0 Å². The maximum absolute atomic E-state index is 12.7. The molecule has 0 saturated carbocycles. The highest BCUT2D eigenvalue weighted by Crippen LogP contribution is 2.24. The van der Waals surface area contributed by atoms with E-state index in [0.717, 1.165) is 8.87 Å². The molecule has 10 nitrogen and oxygen atoms in total. The molecule has 1 aromatic heterocycles. The molecule has 0 radical (unpaired) electrons. The predicted molar refractivity (Wildman–Crippen MR) is 77.9 cm³/mol. The van der Waals surface area contributed by atoms with E-state index < -0.39 is 27.7 Å². The first-order chi connectivity index (χ1) is 10.8. The van der Waals surface area contributed by atoms with Gasteiger partial charge in [0.1, 0.15) is 11.9 Å². The molecule has 3 rings (SSSR count). The van der Waals surface area contributed by atoms with Gasteiger partial charge in [0, 0.05) is 5.69 Å². The molecule has 0 bridgehead atoms.